The van der Waals surface area contributed by atoms with Crippen LogP contribution in [0.25, 0.3) is 10.9 Å². The fraction of sp³-hybridized carbons (Fsp3) is 0.111. The van der Waals surface area contributed by atoms with Gasteiger partial charge in [0.25, 0.3) is 0 Å². The van der Waals surface area contributed by atoms with Crippen molar-refractivity contribution in [1.82, 2.24) is 4.98 Å². The van der Waals surface area contributed by atoms with Crippen molar-refractivity contribution in [2.24, 2.45) is 4.99 Å². The molecule has 1 heterocycles. The van der Waals surface area contributed by atoms with Gasteiger partial charge in [-0.15, -0.1) is 0 Å². The Kier molecular flexibility index (Phi) is 4.50. The number of carbonyl (C=O) groups excluding carboxylic acids is 1. The number of H-pyrrole nitrogens is 1. The zero-order chi connectivity index (χ0) is 18.1. The number of ether oxygens (including phenoxy) is 1. The summed E-state index contributed by atoms with van der Waals surface area (Å²) < 4.78 is 5.39. The zero-order valence-electron chi connectivity index (χ0n) is 13.6. The summed E-state index contributed by atoms with van der Waals surface area (Å²) in [5.74, 6) is -0.434. The molecule has 0 atom stereocenters. The van der Waals surface area contributed by atoms with Crippen molar-refractivity contribution in [3.05, 3.63) is 52.0 Å². The summed E-state index contributed by atoms with van der Waals surface area (Å²) in [6.45, 7) is 1.78. The van der Waals surface area contributed by atoms with E-state index in [0.717, 1.165) is 10.9 Å². The fourth-order valence-corrected chi connectivity index (χ4v) is 3.07. The summed E-state index contributed by atoms with van der Waals surface area (Å²) in [7, 11) is 1.32. The summed E-state index contributed by atoms with van der Waals surface area (Å²) in [5, 5.41) is 11.0. The standard InChI is InChI=1S/C18H16BrN3O3/c1-9(16-13-7-10(20)3-6-15(13)22-17(16)23)21-11-4-5-14(19)12(8-11)18(24)25-2/h3-8,22-23H,20H2,1-2H3. The second-order valence-electron chi connectivity index (χ2n) is 5.51. The Morgan fingerprint density at radius 1 is 1.28 bits per heavy atom. The van der Waals surface area contributed by atoms with E-state index in [1.165, 1.54) is 7.11 Å². The van der Waals surface area contributed by atoms with Crippen molar-refractivity contribution in [2.45, 2.75) is 6.92 Å². The number of nitrogens with two attached hydrogens (primary N) is 1. The lowest BCUT2D eigenvalue weighted by molar-refractivity contribution is 0.0599. The Morgan fingerprint density at radius 2 is 2.04 bits per heavy atom. The van der Waals surface area contributed by atoms with Crippen LogP contribution in [0.3, 0.4) is 0 Å². The topological polar surface area (TPSA) is 101 Å². The number of rotatable bonds is 3. The molecule has 0 bridgehead atoms. The molecule has 0 saturated carbocycles. The molecule has 0 spiro atoms. The van der Waals surface area contributed by atoms with Gasteiger partial charge < -0.3 is 20.6 Å². The third kappa shape index (κ3) is 3.23. The number of nitrogens with zero attached hydrogens (tertiary/aromatic N) is 1. The maximum atomic E-state index is 11.8. The van der Waals surface area contributed by atoms with Crippen LogP contribution in [0.4, 0.5) is 11.4 Å². The van der Waals surface area contributed by atoms with Crippen molar-refractivity contribution in [3.63, 3.8) is 0 Å². The van der Waals surface area contributed by atoms with Crippen LogP contribution >= 0.6 is 15.9 Å². The largest absolute Gasteiger partial charge is 0.494 e. The van der Waals surface area contributed by atoms with E-state index in [4.69, 9.17) is 10.5 Å². The average Bonchev–Trinajstić information content (AvgIpc) is 2.91. The highest BCUT2D eigenvalue weighted by Gasteiger charge is 2.15. The van der Waals surface area contributed by atoms with Crippen LogP contribution in [-0.4, -0.2) is 28.9 Å². The molecule has 128 valence electrons. The first-order valence-electron chi connectivity index (χ1n) is 7.44. The summed E-state index contributed by atoms with van der Waals surface area (Å²) in [4.78, 5) is 19.2. The number of aromatic amines is 1. The third-order valence-electron chi connectivity index (χ3n) is 3.82. The number of nitrogens with one attached hydrogen (secondary N) is 1. The van der Waals surface area contributed by atoms with Crippen LogP contribution in [-0.2, 0) is 4.74 Å². The Balaban J connectivity index is 2.10. The average molecular weight is 402 g/mol. The zero-order valence-corrected chi connectivity index (χ0v) is 15.2. The second-order valence-corrected chi connectivity index (χ2v) is 6.36. The number of halogens is 1. The van der Waals surface area contributed by atoms with Crippen LogP contribution < -0.4 is 5.73 Å². The summed E-state index contributed by atoms with van der Waals surface area (Å²) in [5.41, 5.74) is 9.32. The van der Waals surface area contributed by atoms with Crippen LogP contribution in [0.5, 0.6) is 5.88 Å². The number of hydrogen-bond donors (Lipinski definition) is 3. The second kappa shape index (κ2) is 6.60. The number of aliphatic imine (C=N–C) groups is 1. The Hall–Kier alpha value is -2.80. The van der Waals surface area contributed by atoms with Gasteiger partial charge in [0.15, 0.2) is 5.88 Å². The molecule has 0 saturated heterocycles. The van der Waals surface area contributed by atoms with Crippen molar-refractivity contribution < 1.29 is 14.6 Å². The summed E-state index contributed by atoms with van der Waals surface area (Å²) in [6.07, 6.45) is 0. The molecule has 0 aliphatic heterocycles. The monoisotopic (exact) mass is 401 g/mol. The van der Waals surface area contributed by atoms with Gasteiger partial charge in [-0.2, -0.15) is 0 Å². The number of aromatic nitrogens is 1. The van der Waals surface area contributed by atoms with E-state index in [0.29, 0.717) is 32.7 Å². The van der Waals surface area contributed by atoms with Gasteiger partial charge in [-0.3, -0.25) is 4.99 Å². The van der Waals surface area contributed by atoms with Crippen LogP contribution in [0.15, 0.2) is 45.9 Å². The molecule has 0 amide bonds. The molecule has 0 fully saturated rings. The minimum atomic E-state index is -0.454. The molecule has 6 nitrogen and oxygen atoms in total. The molecule has 3 rings (SSSR count). The van der Waals surface area contributed by atoms with Gasteiger partial charge in [0, 0.05) is 21.1 Å². The van der Waals surface area contributed by atoms with Crippen LogP contribution in [0, 0.1) is 0 Å². The number of nitrogen functional groups attached to an aromatic ring is 1. The molecule has 2 aromatic carbocycles. The Bertz CT molecular complexity index is 1010. The number of carbonyl (C=O) groups is 1. The van der Waals surface area contributed by atoms with E-state index in [9.17, 15) is 9.90 Å². The highest BCUT2D eigenvalue weighted by Crippen LogP contribution is 2.31. The molecule has 0 aliphatic rings. The lowest BCUT2D eigenvalue weighted by atomic mass is 10.1. The van der Waals surface area contributed by atoms with Gasteiger partial charge in [-0.1, -0.05) is 0 Å². The number of benzene rings is 2. The van der Waals surface area contributed by atoms with Gasteiger partial charge >= 0.3 is 5.97 Å². The van der Waals surface area contributed by atoms with E-state index in [1.807, 2.05) is 0 Å². The smallest absolute Gasteiger partial charge is 0.339 e. The van der Waals surface area contributed by atoms with E-state index < -0.39 is 5.97 Å². The van der Waals surface area contributed by atoms with E-state index in [2.05, 4.69) is 25.9 Å². The Morgan fingerprint density at radius 3 is 2.76 bits per heavy atom. The molecule has 3 aromatic rings. The summed E-state index contributed by atoms with van der Waals surface area (Å²) >= 11 is 3.32. The molecule has 0 aliphatic carbocycles. The number of methoxy groups -OCH3 is 1. The Labute approximate surface area is 152 Å². The van der Waals surface area contributed by atoms with Gasteiger partial charge in [-0.05, 0) is 59.3 Å². The number of esters is 1. The molecular formula is C18H16BrN3O3. The number of fused-ring (bicyclic) bond motifs is 1. The highest BCUT2D eigenvalue weighted by molar-refractivity contribution is 9.10. The minimum Gasteiger partial charge on any atom is -0.494 e. The van der Waals surface area contributed by atoms with Crippen molar-refractivity contribution in [2.75, 3.05) is 12.8 Å². The van der Waals surface area contributed by atoms with Crippen molar-refractivity contribution in [1.29, 1.82) is 0 Å². The molecule has 7 heteroatoms. The maximum Gasteiger partial charge on any atom is 0.339 e. The highest BCUT2D eigenvalue weighted by atomic mass is 79.9. The van der Waals surface area contributed by atoms with E-state index in [1.54, 1.807) is 43.3 Å². The minimum absolute atomic E-state index is 0.0205. The number of hydrogen-bond acceptors (Lipinski definition) is 5. The summed E-state index contributed by atoms with van der Waals surface area (Å²) in [6, 6.07) is 10.5. The molecular weight excluding hydrogens is 386 g/mol. The predicted octanol–water partition coefficient (Wildman–Crippen LogP) is 4.15. The number of anilines is 1. The SMILES string of the molecule is COC(=O)c1cc(N=C(C)c2c(O)[nH]c3ccc(N)cc23)ccc1Br. The van der Waals surface area contributed by atoms with Crippen LogP contribution in [0.2, 0.25) is 0 Å². The molecule has 0 radical (unpaired) electrons. The normalized spacial score (nSPS) is 11.7. The van der Waals surface area contributed by atoms with Gasteiger partial charge in [-0.25, -0.2) is 4.79 Å². The van der Waals surface area contributed by atoms with Crippen molar-refractivity contribution >= 4 is 49.9 Å². The molecule has 25 heavy (non-hydrogen) atoms. The van der Waals surface area contributed by atoms with Crippen LogP contribution in [0.1, 0.15) is 22.8 Å². The first-order chi connectivity index (χ1) is 11.9. The number of aromatic hydroxyl groups is 1. The predicted molar refractivity (Wildman–Crippen MR) is 102 cm³/mol. The first-order valence-corrected chi connectivity index (χ1v) is 8.23. The van der Waals surface area contributed by atoms with Gasteiger partial charge in [0.2, 0.25) is 0 Å². The first kappa shape index (κ1) is 17.0. The fourth-order valence-electron chi connectivity index (χ4n) is 2.66. The molecule has 4 N–H and O–H groups in total. The quantitative estimate of drug-likeness (QED) is 0.348. The van der Waals surface area contributed by atoms with Gasteiger partial charge in [0.1, 0.15) is 0 Å². The van der Waals surface area contributed by atoms with Gasteiger partial charge in [0.05, 0.1) is 29.6 Å². The van der Waals surface area contributed by atoms with E-state index >= 15 is 0 Å². The lowest BCUT2D eigenvalue weighted by Gasteiger charge is -2.05. The lowest BCUT2D eigenvalue weighted by Crippen LogP contribution is -2.02. The maximum absolute atomic E-state index is 11.8. The van der Waals surface area contributed by atoms with E-state index in [-0.39, 0.29) is 5.88 Å². The van der Waals surface area contributed by atoms with Crippen molar-refractivity contribution in [3.8, 4) is 5.88 Å². The molecule has 0 unspecified atom stereocenters. The third-order valence-corrected chi connectivity index (χ3v) is 4.51. The molecule has 1 aromatic heterocycles.